The van der Waals surface area contributed by atoms with E-state index in [0.29, 0.717) is 18.4 Å². The molecule has 6 heteroatoms. The van der Waals surface area contributed by atoms with Crippen LogP contribution in [0.2, 0.25) is 0 Å². The molecule has 2 rings (SSSR count). The zero-order chi connectivity index (χ0) is 19.6. The number of piperidine rings is 1. The molecule has 1 fully saturated rings. The second-order valence-electron chi connectivity index (χ2n) is 9.96. The van der Waals surface area contributed by atoms with Crippen LogP contribution in [-0.4, -0.2) is 56.2 Å². The van der Waals surface area contributed by atoms with Crippen molar-refractivity contribution in [1.29, 1.82) is 0 Å². The molecule has 0 unspecified atom stereocenters. The maximum Gasteiger partial charge on any atom is 0.251 e. The van der Waals surface area contributed by atoms with E-state index in [4.69, 9.17) is 0 Å². The van der Waals surface area contributed by atoms with Crippen LogP contribution < -0.4 is 0 Å². The molecule has 6 nitrogen and oxygen atoms in total. The van der Waals surface area contributed by atoms with Gasteiger partial charge >= 0.3 is 0 Å². The predicted molar refractivity (Wildman–Crippen MR) is 95.2 cm³/mol. The van der Waals surface area contributed by atoms with E-state index in [-0.39, 0.29) is 11.9 Å². The second-order valence-corrected chi connectivity index (χ2v) is 9.96. The van der Waals surface area contributed by atoms with E-state index in [0.717, 1.165) is 10.1 Å². The third-order valence-electron chi connectivity index (χ3n) is 5.86. The fraction of sp³-hybridized carbons (Fsp3) is 0.842. The maximum atomic E-state index is 13.2. The third-order valence-corrected chi connectivity index (χ3v) is 5.86. The maximum absolute atomic E-state index is 13.2. The standard InChI is InChI=1S/C19H33N3O3/c1-16(2)10-13(11-17(3,4)21(16)24)20(9)15(23)14-12-18(5,6)22(25)19(14,7)8/h12-13H,10-11H2,1-9H3. The van der Waals surface area contributed by atoms with Gasteiger partial charge in [-0.2, -0.15) is 0 Å². The Morgan fingerprint density at radius 3 is 1.76 bits per heavy atom. The molecule has 25 heavy (non-hydrogen) atoms. The van der Waals surface area contributed by atoms with Gasteiger partial charge in [0.15, 0.2) is 0 Å². The van der Waals surface area contributed by atoms with Crippen LogP contribution in [0.25, 0.3) is 0 Å². The smallest absolute Gasteiger partial charge is 0.251 e. The quantitative estimate of drug-likeness (QED) is 0.768. The van der Waals surface area contributed by atoms with E-state index >= 15 is 0 Å². The Morgan fingerprint density at radius 2 is 1.40 bits per heavy atom. The van der Waals surface area contributed by atoms with Crippen molar-refractivity contribution < 1.29 is 15.2 Å². The summed E-state index contributed by atoms with van der Waals surface area (Å²) >= 11 is 0. The normalized spacial score (nSPS) is 28.7. The van der Waals surface area contributed by atoms with Crippen LogP contribution in [0.5, 0.6) is 0 Å². The van der Waals surface area contributed by atoms with Crippen LogP contribution in [0.1, 0.15) is 68.2 Å². The van der Waals surface area contributed by atoms with Gasteiger partial charge in [0.2, 0.25) is 0 Å². The van der Waals surface area contributed by atoms with E-state index in [9.17, 15) is 15.2 Å². The van der Waals surface area contributed by atoms with Crippen molar-refractivity contribution in [2.24, 2.45) is 0 Å². The highest BCUT2D eigenvalue weighted by molar-refractivity contribution is 5.96. The molecule has 0 N–H and O–H groups in total. The Kier molecular flexibility index (Phi) is 4.70. The number of carbonyl (C=O) groups is 1. The summed E-state index contributed by atoms with van der Waals surface area (Å²) in [6.45, 7) is 14.9. The fourth-order valence-corrected chi connectivity index (χ4v) is 4.58. The number of carbonyl (C=O) groups excluding carboxylic acids is 1. The highest BCUT2D eigenvalue weighted by Crippen LogP contribution is 2.42. The summed E-state index contributed by atoms with van der Waals surface area (Å²) < 4.78 is 0. The summed E-state index contributed by atoms with van der Waals surface area (Å²) in [6.07, 6.45) is 3.01. The van der Waals surface area contributed by atoms with Crippen molar-refractivity contribution in [3.63, 3.8) is 0 Å². The Morgan fingerprint density at radius 1 is 0.960 bits per heavy atom. The first kappa shape index (κ1) is 20.4. The molecule has 0 aromatic heterocycles. The first-order valence-corrected chi connectivity index (χ1v) is 8.99. The van der Waals surface area contributed by atoms with E-state index in [1.807, 2.05) is 41.5 Å². The molecule has 0 saturated carbocycles. The lowest BCUT2D eigenvalue weighted by atomic mass is 9.78. The van der Waals surface area contributed by atoms with Gasteiger partial charge < -0.3 is 4.90 Å². The van der Waals surface area contributed by atoms with Crippen LogP contribution >= 0.6 is 0 Å². The molecular weight excluding hydrogens is 318 g/mol. The highest BCUT2D eigenvalue weighted by Gasteiger charge is 2.52. The Balaban J connectivity index is 2.29. The minimum atomic E-state index is -0.862. The van der Waals surface area contributed by atoms with Gasteiger partial charge in [-0.1, -0.05) is 6.08 Å². The van der Waals surface area contributed by atoms with Crippen molar-refractivity contribution in [2.45, 2.75) is 96.4 Å². The fourth-order valence-electron chi connectivity index (χ4n) is 4.58. The molecule has 142 valence electrons. The average Bonchev–Trinajstić information content (AvgIpc) is 2.62. The number of likely N-dealkylation sites (N-methyl/N-ethyl adjacent to an activating group) is 1. The Bertz CT molecular complexity index is 575. The second kappa shape index (κ2) is 5.78. The van der Waals surface area contributed by atoms with Crippen LogP contribution in [0.4, 0.5) is 0 Å². The molecular formula is C19H33N3O3. The van der Waals surface area contributed by atoms with Crippen molar-refractivity contribution in [3.8, 4) is 0 Å². The summed E-state index contributed by atoms with van der Waals surface area (Å²) in [5.74, 6) is -0.118. The van der Waals surface area contributed by atoms with Crippen molar-refractivity contribution in [1.82, 2.24) is 15.0 Å². The molecule has 0 aromatic rings. The van der Waals surface area contributed by atoms with Crippen LogP contribution in [0.3, 0.4) is 0 Å². The van der Waals surface area contributed by atoms with Crippen molar-refractivity contribution >= 4 is 5.91 Å². The molecule has 1 saturated heterocycles. The molecule has 1 amide bonds. The molecule has 2 aliphatic rings. The molecule has 2 radical (unpaired) electrons. The zero-order valence-electron chi connectivity index (χ0n) is 17.1. The number of hydroxylamine groups is 4. The molecule has 0 aromatic carbocycles. The highest BCUT2D eigenvalue weighted by atomic mass is 16.5. The molecule has 2 heterocycles. The van der Waals surface area contributed by atoms with Gasteiger partial charge in [-0.15, -0.1) is 20.5 Å². The van der Waals surface area contributed by atoms with Crippen LogP contribution in [-0.2, 0) is 15.2 Å². The first-order chi connectivity index (χ1) is 11.0. The van der Waals surface area contributed by atoms with Gasteiger partial charge in [0.05, 0.1) is 11.1 Å². The van der Waals surface area contributed by atoms with Crippen molar-refractivity contribution in [2.75, 3.05) is 7.05 Å². The zero-order valence-corrected chi connectivity index (χ0v) is 17.1. The minimum absolute atomic E-state index is 0.0387. The lowest BCUT2D eigenvalue weighted by Crippen LogP contribution is -2.62. The van der Waals surface area contributed by atoms with Crippen molar-refractivity contribution in [3.05, 3.63) is 11.6 Å². The number of hydrogen-bond acceptors (Lipinski definition) is 3. The summed E-state index contributed by atoms with van der Waals surface area (Å²) in [7, 11) is 1.79. The van der Waals surface area contributed by atoms with E-state index in [2.05, 4.69) is 0 Å². The van der Waals surface area contributed by atoms with Gasteiger partial charge in [-0.05, 0) is 68.2 Å². The molecule has 0 spiro atoms. The van der Waals surface area contributed by atoms with Gasteiger partial charge in [0.25, 0.3) is 5.91 Å². The molecule has 0 atom stereocenters. The third kappa shape index (κ3) is 3.25. The van der Waals surface area contributed by atoms with Gasteiger partial charge in [-0.3, -0.25) is 4.79 Å². The summed E-state index contributed by atoms with van der Waals surface area (Å²) in [5.41, 5.74) is -2.10. The Labute approximate surface area is 152 Å². The van der Waals surface area contributed by atoms with Gasteiger partial charge in [-0.25, -0.2) is 0 Å². The number of rotatable bonds is 2. The van der Waals surface area contributed by atoms with Crippen LogP contribution in [0.15, 0.2) is 11.6 Å². The summed E-state index contributed by atoms with van der Waals surface area (Å²) in [6, 6.07) is -0.0387. The molecule has 0 bridgehead atoms. The lowest BCUT2D eigenvalue weighted by molar-refractivity contribution is -0.293. The minimum Gasteiger partial charge on any atom is -0.339 e. The lowest BCUT2D eigenvalue weighted by Gasteiger charge is -2.52. The monoisotopic (exact) mass is 351 g/mol. The number of amides is 1. The van der Waals surface area contributed by atoms with Gasteiger partial charge in [0, 0.05) is 29.7 Å². The van der Waals surface area contributed by atoms with Gasteiger partial charge in [0.1, 0.15) is 0 Å². The average molecular weight is 351 g/mol. The Hall–Kier alpha value is -0.950. The first-order valence-electron chi connectivity index (χ1n) is 8.99. The molecule has 2 aliphatic heterocycles. The van der Waals surface area contributed by atoms with E-state index in [1.54, 1.807) is 31.9 Å². The summed E-state index contributed by atoms with van der Waals surface area (Å²) in [4.78, 5) is 14.9. The summed E-state index contributed by atoms with van der Waals surface area (Å²) in [5, 5.41) is 27.3. The SMILES string of the molecule is CN(C(=O)C1=CC(C)(C)N([O])C1(C)C)C1CC(C)(C)N([O])C(C)(C)C1. The van der Waals surface area contributed by atoms with E-state index in [1.165, 1.54) is 0 Å². The van der Waals surface area contributed by atoms with E-state index < -0.39 is 22.2 Å². The molecule has 0 aliphatic carbocycles. The topological polar surface area (TPSA) is 66.6 Å². The number of nitrogens with zero attached hydrogens (tertiary/aromatic N) is 3. The van der Waals surface area contributed by atoms with Crippen LogP contribution in [0, 0.1) is 0 Å². The predicted octanol–water partition coefficient (Wildman–Crippen LogP) is 2.96. The number of hydrogen-bond donors (Lipinski definition) is 0. The largest absolute Gasteiger partial charge is 0.339 e.